The van der Waals surface area contributed by atoms with E-state index in [4.69, 9.17) is 0 Å². The molecule has 556 valence electrons. The van der Waals surface area contributed by atoms with Gasteiger partial charge in [0, 0.05) is 72.7 Å². The van der Waals surface area contributed by atoms with Crippen LogP contribution >= 0.6 is 0 Å². The van der Waals surface area contributed by atoms with Crippen molar-refractivity contribution in [1.82, 2.24) is 9.13 Å². The molecule has 5 heteroatoms. The van der Waals surface area contributed by atoms with Crippen LogP contribution in [0.1, 0.15) is 164 Å². The number of benzene rings is 13. The summed E-state index contributed by atoms with van der Waals surface area (Å²) in [5.74, 6) is 0.437. The van der Waals surface area contributed by atoms with Crippen molar-refractivity contribution in [2.45, 2.75) is 136 Å². The molecular weight excluding hydrogens is 1380 g/mol. The summed E-state index contributed by atoms with van der Waals surface area (Å²) in [4.78, 5) is 5.30. The summed E-state index contributed by atoms with van der Waals surface area (Å²) in [6.45, 7) is 20.4. The largest absolute Gasteiger partial charge is 0.334 e. The standard InChI is InChI=1S/C109H97BN4/c1-106(2,3)72-58-83(68-34-14-10-15-35-68)104(84(59-72)69-36-16-11-17-37-69)113-99-64-75(111-95-51-31-25-45-80(95)81-46-26-32-52-96(81)111)54-56-93(99)110-94-57-55-76(112-97-53-33-27-47-82(97)88-66-87-79-44-24-30-50-91(79)109(92(87)67-98(88)112)89-48-28-22-42-77(89)78-43-23-29-49-90(78)109)65-100(94)114(102-63-74(108(7,8)9)62-101(113)103(102)110)105-85(70-38-18-12-19-39-70)60-73(107(4,5)6)61-86(105)71-40-20-13-21-41-71/h10-12,14-18,22-37,40,42-60,62-67,70,73,86,105H,13,19-21,38-39,41,61H2,1-9H3/i25D,26D,27D,31D,32D,33D,45D,46D,47D,51D,52D,53D. The molecule has 4 nitrogen and oxygen atoms in total. The van der Waals surface area contributed by atoms with Gasteiger partial charge in [0.15, 0.2) is 0 Å². The van der Waals surface area contributed by atoms with E-state index in [1.165, 1.54) is 22.3 Å². The Morgan fingerprint density at radius 1 is 0.439 bits per heavy atom. The molecule has 4 heterocycles. The SMILES string of the molecule is [2H]c1c([2H])c([2H])c2c(c1[2H])c1cc3c(cc1n2-c1ccc2c(c1)N(C1C(C4CC=CCC4)=CC(C(C)(C)C)CC1C1=CCCCC1)c1cc(C(C)(C)C)cc4c1B2c1ccc(-n2c5c([2H])c([2H])c([2H])c([2H])c5c5c([2H])c([2H])c([2H])c([2H])c52)cc1N4c1c(-c2ccccc2)cc(C(C)(C)C)cc1-c1ccccc1)C1(c2ccccc2-c2ccccc21)c1ccccc1-3. The van der Waals surface area contributed by atoms with Crippen molar-refractivity contribution in [3.8, 4) is 55.9 Å². The lowest BCUT2D eigenvalue weighted by atomic mass is 9.33. The Morgan fingerprint density at radius 2 is 0.956 bits per heavy atom. The van der Waals surface area contributed by atoms with Crippen molar-refractivity contribution in [2.24, 2.45) is 23.2 Å². The summed E-state index contributed by atoms with van der Waals surface area (Å²) in [6.07, 6.45) is 18.0. The Hall–Kier alpha value is -11.7. The van der Waals surface area contributed by atoms with Gasteiger partial charge in [0.1, 0.15) is 0 Å². The Balaban J connectivity index is 0.915. The number of allylic oxidation sites excluding steroid dienone is 4. The minimum atomic E-state index is -0.774. The predicted octanol–water partition coefficient (Wildman–Crippen LogP) is 26.7. The van der Waals surface area contributed by atoms with Gasteiger partial charge in [-0.05, 0) is 247 Å². The first-order valence-electron chi connectivity index (χ1n) is 47.3. The first-order valence-corrected chi connectivity index (χ1v) is 41.3. The molecule has 114 heavy (non-hydrogen) atoms. The molecule has 2 aliphatic heterocycles. The third-order valence-corrected chi connectivity index (χ3v) is 26.9. The summed E-state index contributed by atoms with van der Waals surface area (Å²) >= 11 is 0. The van der Waals surface area contributed by atoms with Gasteiger partial charge in [-0.25, -0.2) is 0 Å². The second-order valence-electron chi connectivity index (χ2n) is 36.3. The Bertz CT molecular complexity index is 7190. The Labute approximate surface area is 689 Å². The normalized spacial score (nSPS) is 20.0. The molecule has 15 aromatic rings. The molecule has 5 aliphatic carbocycles. The number of fused-ring (bicyclic) bond motifs is 20. The molecule has 0 N–H and O–H groups in total. The van der Waals surface area contributed by atoms with E-state index in [2.05, 4.69) is 301 Å². The van der Waals surface area contributed by atoms with Crippen LogP contribution in [0.25, 0.3) is 99.5 Å². The van der Waals surface area contributed by atoms with E-state index < -0.39 is 53.8 Å². The summed E-state index contributed by atoms with van der Waals surface area (Å²) in [5.41, 5.74) is 26.2. The lowest BCUT2D eigenvalue weighted by molar-refractivity contribution is 0.220. The average Bonchev–Trinajstić information content (AvgIpc) is 1.50. The highest BCUT2D eigenvalue weighted by atomic mass is 15.2. The van der Waals surface area contributed by atoms with Crippen molar-refractivity contribution in [3.63, 3.8) is 0 Å². The smallest absolute Gasteiger partial charge is 0.252 e. The van der Waals surface area contributed by atoms with Crippen molar-refractivity contribution < 1.29 is 16.4 Å². The Morgan fingerprint density at radius 3 is 1.51 bits per heavy atom. The zero-order valence-electron chi connectivity index (χ0n) is 78.3. The maximum Gasteiger partial charge on any atom is 0.252 e. The molecule has 13 aromatic carbocycles. The van der Waals surface area contributed by atoms with Gasteiger partial charge < -0.3 is 18.9 Å². The third-order valence-electron chi connectivity index (χ3n) is 26.9. The fourth-order valence-corrected chi connectivity index (χ4v) is 21.5. The van der Waals surface area contributed by atoms with E-state index in [-0.39, 0.29) is 92.7 Å². The maximum atomic E-state index is 10.5. The maximum absolute atomic E-state index is 10.5. The van der Waals surface area contributed by atoms with Crippen LogP contribution in [-0.4, -0.2) is 21.9 Å². The molecule has 0 fully saturated rings. The minimum absolute atomic E-state index is 0.00603. The van der Waals surface area contributed by atoms with Crippen LogP contribution in [0, 0.1) is 23.2 Å². The van der Waals surface area contributed by atoms with Crippen molar-refractivity contribution >= 4 is 95.1 Å². The predicted molar refractivity (Wildman–Crippen MR) is 484 cm³/mol. The number of para-hydroxylation sites is 3. The second-order valence-corrected chi connectivity index (χ2v) is 36.3. The zero-order valence-corrected chi connectivity index (χ0v) is 66.3. The molecule has 2 aromatic heterocycles. The number of hydrogen-bond donors (Lipinski definition) is 0. The van der Waals surface area contributed by atoms with Crippen LogP contribution in [-0.2, 0) is 16.2 Å². The molecule has 4 unspecified atom stereocenters. The molecular formula is C109H97BN4. The van der Waals surface area contributed by atoms with Gasteiger partial charge in [0.05, 0.1) is 55.7 Å². The quantitative estimate of drug-likeness (QED) is 0.111. The summed E-state index contributed by atoms with van der Waals surface area (Å²) in [6, 6.07) is 70.3. The number of nitrogens with zero attached hydrogens (tertiary/aromatic N) is 4. The topological polar surface area (TPSA) is 16.3 Å². The monoisotopic (exact) mass is 1480 g/mol. The molecule has 0 amide bonds. The number of anilines is 5. The number of aromatic nitrogens is 2. The number of hydrogen-bond acceptors (Lipinski definition) is 2. The molecule has 7 aliphatic rings. The highest BCUT2D eigenvalue weighted by molar-refractivity contribution is 7.00. The molecule has 0 saturated carbocycles. The summed E-state index contributed by atoms with van der Waals surface area (Å²) in [5, 5.41) is 1.15. The first-order chi connectivity index (χ1) is 60.5. The van der Waals surface area contributed by atoms with Gasteiger partial charge in [-0.1, -0.05) is 292 Å². The highest BCUT2D eigenvalue weighted by Crippen LogP contribution is 2.64. The van der Waals surface area contributed by atoms with Crippen molar-refractivity contribution in [3.05, 3.63) is 348 Å². The van der Waals surface area contributed by atoms with E-state index in [1.807, 2.05) is 6.07 Å². The van der Waals surface area contributed by atoms with Gasteiger partial charge in [0.25, 0.3) is 6.71 Å². The molecule has 1 spiro atoms. The molecule has 0 saturated heterocycles. The fourth-order valence-electron chi connectivity index (χ4n) is 21.5. The average molecular weight is 1490 g/mol. The van der Waals surface area contributed by atoms with E-state index in [0.29, 0.717) is 22.0 Å². The van der Waals surface area contributed by atoms with Gasteiger partial charge in [-0.2, -0.15) is 0 Å². The van der Waals surface area contributed by atoms with Crippen molar-refractivity contribution in [1.29, 1.82) is 0 Å². The van der Waals surface area contributed by atoms with E-state index >= 15 is 0 Å². The molecule has 0 radical (unpaired) electrons. The summed E-state index contributed by atoms with van der Waals surface area (Å²) < 4.78 is 121. The van der Waals surface area contributed by atoms with E-state index in [9.17, 15) is 16.4 Å². The highest BCUT2D eigenvalue weighted by Gasteiger charge is 2.54. The van der Waals surface area contributed by atoms with E-state index in [1.54, 1.807) is 4.57 Å². The summed E-state index contributed by atoms with van der Waals surface area (Å²) in [7, 11) is 0. The van der Waals surface area contributed by atoms with Gasteiger partial charge in [-0.15, -0.1) is 0 Å². The van der Waals surface area contributed by atoms with Crippen LogP contribution in [0.4, 0.5) is 28.4 Å². The first kappa shape index (κ1) is 57.4. The van der Waals surface area contributed by atoms with Crippen LogP contribution in [0.5, 0.6) is 0 Å². The van der Waals surface area contributed by atoms with Gasteiger partial charge in [-0.3, -0.25) is 0 Å². The molecule has 4 atom stereocenters. The number of rotatable bonds is 8. The molecule has 0 bridgehead atoms. The van der Waals surface area contributed by atoms with Crippen LogP contribution < -0.4 is 26.2 Å². The van der Waals surface area contributed by atoms with Crippen LogP contribution in [0.2, 0.25) is 0 Å². The lowest BCUT2D eigenvalue weighted by Gasteiger charge is -2.53. The van der Waals surface area contributed by atoms with Crippen molar-refractivity contribution in [2.75, 3.05) is 9.80 Å². The third kappa shape index (κ3) is 10.3. The minimum Gasteiger partial charge on any atom is -0.334 e. The van der Waals surface area contributed by atoms with Gasteiger partial charge >= 0.3 is 0 Å². The van der Waals surface area contributed by atoms with Crippen LogP contribution in [0.15, 0.2) is 314 Å². The van der Waals surface area contributed by atoms with E-state index in [0.717, 1.165) is 174 Å². The van der Waals surface area contributed by atoms with Gasteiger partial charge in [0.2, 0.25) is 0 Å². The molecule has 22 rings (SSSR count). The lowest BCUT2D eigenvalue weighted by Crippen LogP contribution is -2.64. The Kier molecular flexibility index (Phi) is 12.9. The fraction of sp³-hybridized carbons (Fsp3) is 0.229. The van der Waals surface area contributed by atoms with Crippen LogP contribution in [0.3, 0.4) is 0 Å². The zero-order chi connectivity index (χ0) is 87.3. The second kappa shape index (κ2) is 25.7.